The number of amides is 1. The molecule has 0 radical (unpaired) electrons. The Labute approximate surface area is 124 Å². The van der Waals surface area contributed by atoms with Gasteiger partial charge >= 0.3 is 0 Å². The van der Waals surface area contributed by atoms with Crippen molar-refractivity contribution in [3.05, 3.63) is 71.6 Å². The standard InChI is InChI=1S/C18H18N2O/c1-14-7-8-17(13-19-14)18(21)20-11-9-16(10-12-20)15-5-3-2-4-6-15/h2-9,13H,10-12H2,1H3. The van der Waals surface area contributed by atoms with Gasteiger partial charge in [0.05, 0.1) is 5.56 Å². The van der Waals surface area contributed by atoms with Crippen molar-refractivity contribution in [2.75, 3.05) is 13.1 Å². The van der Waals surface area contributed by atoms with Gasteiger partial charge in [-0.25, -0.2) is 0 Å². The average molecular weight is 278 g/mol. The Bertz CT molecular complexity index is 659. The number of rotatable bonds is 2. The van der Waals surface area contributed by atoms with Crippen LogP contribution < -0.4 is 0 Å². The zero-order valence-electron chi connectivity index (χ0n) is 12.1. The quantitative estimate of drug-likeness (QED) is 0.844. The third-order valence-corrected chi connectivity index (χ3v) is 3.80. The lowest BCUT2D eigenvalue weighted by Crippen LogP contribution is -2.34. The molecule has 3 heteroatoms. The first-order chi connectivity index (χ1) is 10.2. The van der Waals surface area contributed by atoms with Crippen LogP contribution in [0.3, 0.4) is 0 Å². The molecule has 21 heavy (non-hydrogen) atoms. The van der Waals surface area contributed by atoms with Crippen molar-refractivity contribution in [2.24, 2.45) is 0 Å². The normalized spacial score (nSPS) is 14.7. The molecular weight excluding hydrogens is 260 g/mol. The Morgan fingerprint density at radius 1 is 1.14 bits per heavy atom. The predicted molar refractivity (Wildman–Crippen MR) is 83.9 cm³/mol. The van der Waals surface area contributed by atoms with Crippen LogP contribution in [-0.2, 0) is 0 Å². The summed E-state index contributed by atoms with van der Waals surface area (Å²) < 4.78 is 0. The molecule has 3 rings (SSSR count). The fourth-order valence-corrected chi connectivity index (χ4v) is 2.54. The zero-order valence-corrected chi connectivity index (χ0v) is 12.1. The van der Waals surface area contributed by atoms with Crippen LogP contribution in [0.25, 0.3) is 5.57 Å². The second-order valence-electron chi connectivity index (χ2n) is 5.28. The van der Waals surface area contributed by atoms with Gasteiger partial charge in [-0.15, -0.1) is 0 Å². The van der Waals surface area contributed by atoms with E-state index < -0.39 is 0 Å². The van der Waals surface area contributed by atoms with Crippen LogP contribution in [0.15, 0.2) is 54.7 Å². The number of carbonyl (C=O) groups is 1. The van der Waals surface area contributed by atoms with Crippen LogP contribution in [0.4, 0.5) is 0 Å². The van der Waals surface area contributed by atoms with Crippen molar-refractivity contribution in [1.29, 1.82) is 0 Å². The number of pyridine rings is 1. The van der Waals surface area contributed by atoms with Crippen molar-refractivity contribution in [1.82, 2.24) is 9.88 Å². The van der Waals surface area contributed by atoms with E-state index in [4.69, 9.17) is 0 Å². The maximum Gasteiger partial charge on any atom is 0.255 e. The molecule has 1 aliphatic rings. The number of hydrogen-bond donors (Lipinski definition) is 0. The third kappa shape index (κ3) is 3.02. The number of benzene rings is 1. The minimum absolute atomic E-state index is 0.0610. The Kier molecular flexibility index (Phi) is 3.82. The predicted octanol–water partition coefficient (Wildman–Crippen LogP) is 3.32. The summed E-state index contributed by atoms with van der Waals surface area (Å²) in [5.41, 5.74) is 4.16. The Hall–Kier alpha value is -2.42. The topological polar surface area (TPSA) is 33.2 Å². The third-order valence-electron chi connectivity index (χ3n) is 3.80. The molecule has 0 fully saturated rings. The summed E-state index contributed by atoms with van der Waals surface area (Å²) >= 11 is 0. The van der Waals surface area contributed by atoms with E-state index >= 15 is 0 Å². The lowest BCUT2D eigenvalue weighted by Gasteiger charge is -2.26. The van der Waals surface area contributed by atoms with E-state index in [1.54, 1.807) is 6.20 Å². The summed E-state index contributed by atoms with van der Waals surface area (Å²) in [7, 11) is 0. The summed E-state index contributed by atoms with van der Waals surface area (Å²) in [5.74, 6) is 0.0610. The molecule has 1 aromatic heterocycles. The molecule has 0 unspecified atom stereocenters. The molecule has 2 heterocycles. The van der Waals surface area contributed by atoms with E-state index in [-0.39, 0.29) is 5.91 Å². The number of carbonyl (C=O) groups excluding carboxylic acids is 1. The second-order valence-corrected chi connectivity index (χ2v) is 5.28. The fourth-order valence-electron chi connectivity index (χ4n) is 2.54. The van der Waals surface area contributed by atoms with Crippen molar-refractivity contribution < 1.29 is 4.79 Å². The van der Waals surface area contributed by atoms with Crippen LogP contribution in [0.1, 0.15) is 28.0 Å². The monoisotopic (exact) mass is 278 g/mol. The first-order valence-electron chi connectivity index (χ1n) is 7.20. The molecule has 3 nitrogen and oxygen atoms in total. The van der Waals surface area contributed by atoms with E-state index in [0.29, 0.717) is 12.1 Å². The number of aryl methyl sites for hydroxylation is 1. The van der Waals surface area contributed by atoms with Crippen molar-refractivity contribution >= 4 is 11.5 Å². The Balaban J connectivity index is 1.72. The highest BCUT2D eigenvalue weighted by molar-refractivity contribution is 5.94. The van der Waals surface area contributed by atoms with Gasteiger partial charge in [0.1, 0.15) is 0 Å². The SMILES string of the molecule is Cc1ccc(C(=O)N2CC=C(c3ccccc3)CC2)cn1. The van der Waals surface area contributed by atoms with Crippen LogP contribution in [0, 0.1) is 6.92 Å². The van der Waals surface area contributed by atoms with Crippen LogP contribution in [-0.4, -0.2) is 28.9 Å². The smallest absolute Gasteiger partial charge is 0.255 e. The molecule has 0 atom stereocenters. The average Bonchev–Trinajstić information content (AvgIpc) is 2.56. The minimum Gasteiger partial charge on any atom is -0.335 e. The molecule has 0 saturated carbocycles. The van der Waals surface area contributed by atoms with Gasteiger partial charge in [-0.2, -0.15) is 0 Å². The maximum atomic E-state index is 12.4. The van der Waals surface area contributed by atoms with Crippen molar-refractivity contribution in [2.45, 2.75) is 13.3 Å². The van der Waals surface area contributed by atoms with E-state index in [0.717, 1.165) is 18.7 Å². The maximum absolute atomic E-state index is 12.4. The lowest BCUT2D eigenvalue weighted by molar-refractivity contribution is 0.0772. The van der Waals surface area contributed by atoms with Gasteiger partial charge in [0.15, 0.2) is 0 Å². The van der Waals surface area contributed by atoms with E-state index in [2.05, 4.69) is 23.2 Å². The summed E-state index contributed by atoms with van der Waals surface area (Å²) in [6.45, 7) is 3.34. The molecule has 0 saturated heterocycles. The van der Waals surface area contributed by atoms with Crippen LogP contribution in [0.5, 0.6) is 0 Å². The van der Waals surface area contributed by atoms with Gasteiger partial charge in [0, 0.05) is 25.0 Å². The van der Waals surface area contributed by atoms with Crippen molar-refractivity contribution in [3.8, 4) is 0 Å². The van der Waals surface area contributed by atoms with Crippen LogP contribution in [0.2, 0.25) is 0 Å². The van der Waals surface area contributed by atoms with Crippen molar-refractivity contribution in [3.63, 3.8) is 0 Å². The first kappa shape index (κ1) is 13.6. The summed E-state index contributed by atoms with van der Waals surface area (Å²) in [6.07, 6.45) is 4.71. The largest absolute Gasteiger partial charge is 0.335 e. The summed E-state index contributed by atoms with van der Waals surface area (Å²) in [4.78, 5) is 18.5. The van der Waals surface area contributed by atoms with Gasteiger partial charge in [-0.1, -0.05) is 36.4 Å². The first-order valence-corrected chi connectivity index (χ1v) is 7.20. The molecule has 1 aliphatic heterocycles. The number of aromatic nitrogens is 1. The molecule has 0 spiro atoms. The summed E-state index contributed by atoms with van der Waals surface area (Å²) in [5, 5.41) is 0. The zero-order chi connectivity index (χ0) is 14.7. The molecule has 1 aromatic carbocycles. The molecule has 0 N–H and O–H groups in total. The summed E-state index contributed by atoms with van der Waals surface area (Å²) in [6, 6.07) is 14.1. The van der Waals surface area contributed by atoms with E-state index in [9.17, 15) is 4.79 Å². The highest BCUT2D eigenvalue weighted by atomic mass is 16.2. The van der Waals surface area contributed by atoms with Gasteiger partial charge < -0.3 is 4.90 Å². The van der Waals surface area contributed by atoms with E-state index in [1.165, 1.54) is 11.1 Å². The van der Waals surface area contributed by atoms with Gasteiger partial charge in [-0.05, 0) is 36.6 Å². The molecule has 1 amide bonds. The molecular formula is C18H18N2O. The Morgan fingerprint density at radius 2 is 1.95 bits per heavy atom. The van der Waals surface area contributed by atoms with Crippen LogP contribution >= 0.6 is 0 Å². The second kappa shape index (κ2) is 5.92. The highest BCUT2D eigenvalue weighted by Crippen LogP contribution is 2.22. The lowest BCUT2D eigenvalue weighted by atomic mass is 9.99. The van der Waals surface area contributed by atoms with Gasteiger partial charge in [0.2, 0.25) is 0 Å². The highest BCUT2D eigenvalue weighted by Gasteiger charge is 2.19. The van der Waals surface area contributed by atoms with E-state index in [1.807, 2.05) is 42.2 Å². The Morgan fingerprint density at radius 3 is 2.57 bits per heavy atom. The molecule has 0 bridgehead atoms. The molecule has 0 aliphatic carbocycles. The molecule has 106 valence electrons. The van der Waals surface area contributed by atoms with Gasteiger partial charge in [-0.3, -0.25) is 9.78 Å². The van der Waals surface area contributed by atoms with Gasteiger partial charge in [0.25, 0.3) is 5.91 Å². The number of hydrogen-bond acceptors (Lipinski definition) is 2. The molecule has 2 aromatic rings. The minimum atomic E-state index is 0.0610. The fraction of sp³-hybridized carbons (Fsp3) is 0.222. The number of nitrogens with zero attached hydrogens (tertiary/aromatic N) is 2.